The van der Waals surface area contributed by atoms with Crippen LogP contribution in [0.5, 0.6) is 23.0 Å². The van der Waals surface area contributed by atoms with Crippen LogP contribution in [0.25, 0.3) is 0 Å². The molecule has 226 valence electrons. The third-order valence-corrected chi connectivity index (χ3v) is 6.73. The highest BCUT2D eigenvalue weighted by Gasteiger charge is 2.35. The molecular weight excluding hydrogens is 582 g/mol. The lowest BCUT2D eigenvalue weighted by molar-refractivity contribution is -0.139. The number of nitrogen functional groups attached to an aromatic ring is 2. The molecule has 4 N–H and O–H groups in total. The van der Waals surface area contributed by atoms with Crippen LogP contribution in [-0.2, 0) is 25.2 Å². The first-order valence-corrected chi connectivity index (χ1v) is 13.4. The zero-order valence-electron chi connectivity index (χ0n) is 23.0. The molecule has 0 aliphatic heterocycles. The standard InChI is InChI=1S/C34H26F6N2O2/c35-33(36,37)29-14-8-25(41)19-31(29)43-27-10-4-21(5-11-27)16-23-2-1-3-24(18-23)17-22-6-12-28(13-7-22)44-32-20-26(42)9-15-30(32)34(38,39)40/h1-15,18-20H,16-17,41-42H2. The predicted octanol–water partition coefficient (Wildman–Crippen LogP) is 9.65. The number of halogens is 6. The molecule has 10 heteroatoms. The van der Waals surface area contributed by atoms with E-state index in [2.05, 4.69) is 0 Å². The van der Waals surface area contributed by atoms with Crippen LogP contribution >= 0.6 is 0 Å². The molecule has 44 heavy (non-hydrogen) atoms. The Labute approximate surface area is 249 Å². The van der Waals surface area contributed by atoms with Crippen LogP contribution in [0.3, 0.4) is 0 Å². The summed E-state index contributed by atoms with van der Waals surface area (Å²) in [6, 6.07) is 27.9. The molecule has 0 atom stereocenters. The van der Waals surface area contributed by atoms with Gasteiger partial charge < -0.3 is 20.9 Å². The first-order valence-electron chi connectivity index (χ1n) is 13.4. The van der Waals surface area contributed by atoms with Gasteiger partial charge in [0.05, 0.1) is 11.1 Å². The third kappa shape index (κ3) is 7.63. The second-order valence-corrected chi connectivity index (χ2v) is 10.2. The molecule has 0 amide bonds. The molecule has 0 saturated carbocycles. The van der Waals surface area contributed by atoms with E-state index in [-0.39, 0.29) is 34.4 Å². The molecule has 0 heterocycles. The Kier molecular flexibility index (Phi) is 8.44. The van der Waals surface area contributed by atoms with Crippen LogP contribution in [0.2, 0.25) is 0 Å². The second-order valence-electron chi connectivity index (χ2n) is 10.2. The van der Waals surface area contributed by atoms with Gasteiger partial charge in [0.1, 0.15) is 23.0 Å². The summed E-state index contributed by atoms with van der Waals surface area (Å²) in [5, 5.41) is 0. The fourth-order valence-corrected chi connectivity index (χ4v) is 4.64. The Hall–Kier alpha value is -5.12. The Morgan fingerprint density at radius 1 is 0.455 bits per heavy atom. The van der Waals surface area contributed by atoms with Gasteiger partial charge in [0, 0.05) is 23.5 Å². The number of rotatable bonds is 8. The third-order valence-electron chi connectivity index (χ3n) is 6.73. The molecule has 0 aliphatic carbocycles. The van der Waals surface area contributed by atoms with E-state index in [4.69, 9.17) is 20.9 Å². The first-order chi connectivity index (χ1) is 20.8. The molecule has 0 radical (unpaired) electrons. The summed E-state index contributed by atoms with van der Waals surface area (Å²) in [6.45, 7) is 0. The summed E-state index contributed by atoms with van der Waals surface area (Å²) in [7, 11) is 0. The van der Waals surface area contributed by atoms with Gasteiger partial charge in [-0.15, -0.1) is 0 Å². The summed E-state index contributed by atoms with van der Waals surface area (Å²) >= 11 is 0. The van der Waals surface area contributed by atoms with E-state index in [1.54, 1.807) is 48.5 Å². The minimum absolute atomic E-state index is 0.158. The van der Waals surface area contributed by atoms with Crippen molar-refractivity contribution in [3.05, 3.63) is 143 Å². The zero-order chi connectivity index (χ0) is 31.5. The van der Waals surface area contributed by atoms with E-state index >= 15 is 0 Å². The van der Waals surface area contributed by atoms with Crippen LogP contribution in [0.1, 0.15) is 33.4 Å². The molecule has 0 saturated heterocycles. The van der Waals surface area contributed by atoms with Crippen molar-refractivity contribution in [2.75, 3.05) is 11.5 Å². The van der Waals surface area contributed by atoms with Gasteiger partial charge in [-0.2, -0.15) is 26.3 Å². The van der Waals surface area contributed by atoms with Crippen LogP contribution in [0, 0.1) is 0 Å². The maximum absolute atomic E-state index is 13.4. The number of alkyl halides is 6. The van der Waals surface area contributed by atoms with Gasteiger partial charge >= 0.3 is 12.4 Å². The maximum atomic E-state index is 13.4. The minimum atomic E-state index is -4.58. The van der Waals surface area contributed by atoms with E-state index < -0.39 is 23.5 Å². The molecule has 0 aliphatic rings. The lowest BCUT2D eigenvalue weighted by Gasteiger charge is -2.15. The van der Waals surface area contributed by atoms with Crippen LogP contribution in [-0.4, -0.2) is 0 Å². The Balaban J connectivity index is 1.23. The van der Waals surface area contributed by atoms with Crippen molar-refractivity contribution in [3.63, 3.8) is 0 Å². The average molecular weight is 609 g/mol. The summed E-state index contributed by atoms with van der Waals surface area (Å²) in [4.78, 5) is 0. The van der Waals surface area contributed by atoms with Crippen LogP contribution < -0.4 is 20.9 Å². The smallest absolute Gasteiger partial charge is 0.419 e. The van der Waals surface area contributed by atoms with Crippen molar-refractivity contribution in [2.45, 2.75) is 25.2 Å². The molecule has 0 bridgehead atoms. The number of anilines is 2. The number of nitrogens with two attached hydrogens (primary N) is 2. The maximum Gasteiger partial charge on any atom is 0.419 e. The van der Waals surface area contributed by atoms with Crippen molar-refractivity contribution in [3.8, 4) is 23.0 Å². The highest BCUT2D eigenvalue weighted by atomic mass is 19.4. The monoisotopic (exact) mass is 608 g/mol. The largest absolute Gasteiger partial charge is 0.457 e. The Morgan fingerprint density at radius 2 is 0.841 bits per heavy atom. The van der Waals surface area contributed by atoms with Gasteiger partial charge in [-0.1, -0.05) is 48.5 Å². The van der Waals surface area contributed by atoms with Crippen molar-refractivity contribution >= 4 is 11.4 Å². The summed E-state index contributed by atoms with van der Waals surface area (Å²) in [5.41, 5.74) is 13.7. The van der Waals surface area contributed by atoms with E-state index in [0.29, 0.717) is 12.8 Å². The normalized spacial score (nSPS) is 11.8. The molecule has 5 aromatic carbocycles. The van der Waals surface area contributed by atoms with Gasteiger partial charge in [0.15, 0.2) is 0 Å². The van der Waals surface area contributed by atoms with Gasteiger partial charge in [0.25, 0.3) is 0 Å². The van der Waals surface area contributed by atoms with E-state index in [1.165, 1.54) is 12.1 Å². The summed E-state index contributed by atoms with van der Waals surface area (Å²) in [5.74, 6) is -0.241. The quantitative estimate of drug-likeness (QED) is 0.136. The predicted molar refractivity (Wildman–Crippen MR) is 157 cm³/mol. The van der Waals surface area contributed by atoms with Crippen molar-refractivity contribution in [2.24, 2.45) is 0 Å². The molecule has 4 nitrogen and oxygen atoms in total. The van der Waals surface area contributed by atoms with Gasteiger partial charge in [-0.05, 0) is 83.6 Å². The highest BCUT2D eigenvalue weighted by Crippen LogP contribution is 2.40. The molecule has 0 unspecified atom stereocenters. The van der Waals surface area contributed by atoms with Gasteiger partial charge in [-0.3, -0.25) is 0 Å². The number of hydrogen-bond donors (Lipinski definition) is 2. The number of ether oxygens (including phenoxy) is 2. The fraction of sp³-hybridized carbons (Fsp3) is 0.118. The molecule has 0 fully saturated rings. The first kappa shape index (κ1) is 30.3. The molecule has 5 rings (SSSR count). The number of benzene rings is 5. The topological polar surface area (TPSA) is 70.5 Å². The summed E-state index contributed by atoms with van der Waals surface area (Å²) in [6.07, 6.45) is -8.01. The lowest BCUT2D eigenvalue weighted by atomic mass is 9.99. The molecule has 5 aromatic rings. The van der Waals surface area contributed by atoms with E-state index in [1.807, 2.05) is 24.3 Å². The number of hydrogen-bond acceptors (Lipinski definition) is 4. The van der Waals surface area contributed by atoms with Gasteiger partial charge in [0.2, 0.25) is 0 Å². The fourth-order valence-electron chi connectivity index (χ4n) is 4.64. The summed E-state index contributed by atoms with van der Waals surface area (Å²) < 4.78 is 91.1. The second kappa shape index (κ2) is 12.2. The zero-order valence-corrected chi connectivity index (χ0v) is 23.0. The highest BCUT2D eigenvalue weighted by molar-refractivity contribution is 5.52. The average Bonchev–Trinajstić information content (AvgIpc) is 2.94. The van der Waals surface area contributed by atoms with Crippen LogP contribution in [0.15, 0.2) is 109 Å². The van der Waals surface area contributed by atoms with Gasteiger partial charge in [-0.25, -0.2) is 0 Å². The van der Waals surface area contributed by atoms with Crippen LogP contribution in [0.4, 0.5) is 37.7 Å². The van der Waals surface area contributed by atoms with Crippen molar-refractivity contribution in [1.29, 1.82) is 0 Å². The van der Waals surface area contributed by atoms with E-state index in [9.17, 15) is 26.3 Å². The molecule has 0 aromatic heterocycles. The molecule has 0 spiro atoms. The lowest BCUT2D eigenvalue weighted by Crippen LogP contribution is -2.07. The van der Waals surface area contributed by atoms with Crippen molar-refractivity contribution in [1.82, 2.24) is 0 Å². The Morgan fingerprint density at radius 3 is 1.20 bits per heavy atom. The SMILES string of the molecule is Nc1ccc(C(F)(F)F)c(Oc2ccc(Cc3cccc(Cc4ccc(Oc5cc(N)ccc5C(F)(F)F)cc4)c3)cc2)c1. The molecular formula is C34H26F6N2O2. The minimum Gasteiger partial charge on any atom is -0.457 e. The van der Waals surface area contributed by atoms with E-state index in [0.717, 1.165) is 46.5 Å². The Bertz CT molecular complexity index is 1620. The van der Waals surface area contributed by atoms with Crippen molar-refractivity contribution < 1.29 is 35.8 Å².